The second-order valence-corrected chi connectivity index (χ2v) is 9.36. The Bertz CT molecular complexity index is 558. The minimum Gasteiger partial charge on any atom is -0.389 e. The summed E-state index contributed by atoms with van der Waals surface area (Å²) in [5.74, 6) is 0.313. The Hall–Kier alpha value is -0.440. The van der Waals surface area contributed by atoms with Crippen LogP contribution >= 0.6 is 0 Å². The fourth-order valence-electron chi connectivity index (χ4n) is 4.68. The van der Waals surface area contributed by atoms with Crippen LogP contribution < -0.4 is 22.5 Å². The van der Waals surface area contributed by atoms with Crippen LogP contribution in [0.5, 0.6) is 0 Å². The van der Waals surface area contributed by atoms with Crippen LogP contribution in [0.1, 0.15) is 33.1 Å². The first-order valence-corrected chi connectivity index (χ1v) is 11.2. The predicted molar refractivity (Wildman–Crippen MR) is 112 cm³/mol. The fraction of sp³-hybridized carbons (Fsp3) is 1.00. The molecule has 3 rings (SSSR count). The van der Waals surface area contributed by atoms with Gasteiger partial charge >= 0.3 is 0 Å². The molecule has 12 atom stereocenters. The lowest BCUT2D eigenvalue weighted by Gasteiger charge is -2.47. The molecular weight excluding hydrogens is 408 g/mol. The maximum atomic E-state index is 11.0. The van der Waals surface area contributed by atoms with E-state index in [-0.39, 0.29) is 18.8 Å². The number of nitrogens with two attached hydrogens (primary N) is 3. The van der Waals surface area contributed by atoms with E-state index in [9.17, 15) is 15.3 Å². The molecule has 2 saturated heterocycles. The summed E-state index contributed by atoms with van der Waals surface area (Å²) in [5.41, 5.74) is 18.7. The second kappa shape index (κ2) is 10.7. The van der Waals surface area contributed by atoms with Crippen molar-refractivity contribution in [2.75, 3.05) is 13.7 Å². The third-order valence-electron chi connectivity index (χ3n) is 6.66. The molecule has 2 aliphatic heterocycles. The van der Waals surface area contributed by atoms with Crippen LogP contribution in [0.15, 0.2) is 0 Å². The third-order valence-corrected chi connectivity index (χ3v) is 6.66. The Morgan fingerprint density at radius 2 is 1.52 bits per heavy atom. The molecule has 182 valence electrons. The van der Waals surface area contributed by atoms with Gasteiger partial charge in [0.25, 0.3) is 0 Å². The zero-order valence-corrected chi connectivity index (χ0v) is 18.5. The van der Waals surface area contributed by atoms with Gasteiger partial charge in [0, 0.05) is 12.1 Å². The SMILES string of the molecule is CNC1C(O)[C@@H](OC2C(N)CC(N)C(O[C@H]3OC(C(C)C)CCC3N)C2O)OC[C@@H]1O. The minimum atomic E-state index is -1.18. The monoisotopic (exact) mass is 448 g/mol. The van der Waals surface area contributed by atoms with E-state index in [0.717, 1.165) is 12.8 Å². The highest BCUT2D eigenvalue weighted by Crippen LogP contribution is 2.31. The summed E-state index contributed by atoms with van der Waals surface area (Å²) in [7, 11) is 1.63. The first-order valence-electron chi connectivity index (χ1n) is 11.2. The minimum absolute atomic E-state index is 0.0201. The number of likely N-dealkylation sites (N-methyl/N-ethyl adjacent to an activating group) is 1. The molecule has 9 unspecified atom stereocenters. The summed E-state index contributed by atoms with van der Waals surface area (Å²) < 4.78 is 23.5. The van der Waals surface area contributed by atoms with Crippen molar-refractivity contribution in [2.45, 2.75) is 106 Å². The van der Waals surface area contributed by atoms with Crippen molar-refractivity contribution in [3.05, 3.63) is 0 Å². The average molecular weight is 449 g/mol. The van der Waals surface area contributed by atoms with E-state index in [4.69, 9.17) is 36.1 Å². The Morgan fingerprint density at radius 3 is 2.10 bits per heavy atom. The van der Waals surface area contributed by atoms with Crippen molar-refractivity contribution >= 4 is 0 Å². The molecule has 2 heterocycles. The van der Waals surface area contributed by atoms with Crippen molar-refractivity contribution in [2.24, 2.45) is 23.1 Å². The van der Waals surface area contributed by atoms with Crippen LogP contribution in [0.25, 0.3) is 0 Å². The number of aliphatic hydroxyl groups is 3. The largest absolute Gasteiger partial charge is 0.389 e. The maximum absolute atomic E-state index is 11.0. The Morgan fingerprint density at radius 1 is 0.903 bits per heavy atom. The van der Waals surface area contributed by atoms with Crippen molar-refractivity contribution in [1.29, 1.82) is 0 Å². The summed E-state index contributed by atoms with van der Waals surface area (Å²) in [6, 6.07) is -2.09. The van der Waals surface area contributed by atoms with Crippen LogP contribution in [0.3, 0.4) is 0 Å². The third kappa shape index (κ3) is 5.56. The molecule has 10 N–H and O–H groups in total. The van der Waals surface area contributed by atoms with E-state index >= 15 is 0 Å². The molecule has 11 nitrogen and oxygen atoms in total. The summed E-state index contributed by atoms with van der Waals surface area (Å²) >= 11 is 0. The lowest BCUT2D eigenvalue weighted by atomic mass is 9.84. The summed E-state index contributed by atoms with van der Waals surface area (Å²) in [6.07, 6.45) is -4.71. The van der Waals surface area contributed by atoms with Gasteiger partial charge in [0.05, 0.1) is 30.9 Å². The van der Waals surface area contributed by atoms with Crippen LogP contribution in [-0.4, -0.2) is 102 Å². The number of rotatable bonds is 6. The number of hydrogen-bond donors (Lipinski definition) is 7. The normalized spacial score (nSPS) is 49.4. The lowest BCUT2D eigenvalue weighted by molar-refractivity contribution is -0.298. The molecule has 3 aliphatic rings. The van der Waals surface area contributed by atoms with Gasteiger partial charge in [0.15, 0.2) is 12.6 Å². The van der Waals surface area contributed by atoms with Gasteiger partial charge in [-0.2, -0.15) is 0 Å². The number of ether oxygens (including phenoxy) is 4. The van der Waals surface area contributed by atoms with E-state index in [1.165, 1.54) is 0 Å². The number of nitrogens with one attached hydrogen (secondary N) is 1. The van der Waals surface area contributed by atoms with E-state index < -0.39 is 61.2 Å². The molecular formula is C20H40N4O7. The van der Waals surface area contributed by atoms with E-state index in [2.05, 4.69) is 19.2 Å². The smallest absolute Gasteiger partial charge is 0.185 e. The fourth-order valence-corrected chi connectivity index (χ4v) is 4.68. The summed E-state index contributed by atoms with van der Waals surface area (Å²) in [6.45, 7) is 4.13. The molecule has 3 fully saturated rings. The molecule has 1 saturated carbocycles. The summed E-state index contributed by atoms with van der Waals surface area (Å²) in [5, 5.41) is 34.4. The average Bonchev–Trinajstić information content (AvgIpc) is 2.71. The highest BCUT2D eigenvalue weighted by Gasteiger charge is 2.48. The van der Waals surface area contributed by atoms with E-state index in [1.807, 2.05) is 0 Å². The molecule has 0 spiro atoms. The van der Waals surface area contributed by atoms with Gasteiger partial charge in [-0.3, -0.25) is 0 Å². The zero-order chi connectivity index (χ0) is 22.9. The standard InChI is InChI=1S/C20H40N4O7/c1-8(2)13-5-4-9(21)19(29-13)30-17-10(22)6-11(23)18(16(17)27)31-20-15(26)14(24-3)12(25)7-28-20/h8-20,24-27H,4-7,21-23H2,1-3H3/t9?,10?,11?,12-,13?,14?,15?,16?,17?,18?,19+,20+/m0/s1. The predicted octanol–water partition coefficient (Wildman–Crippen LogP) is -2.67. The highest BCUT2D eigenvalue weighted by molar-refractivity contribution is 5.00. The van der Waals surface area contributed by atoms with Crippen molar-refractivity contribution in [1.82, 2.24) is 5.32 Å². The van der Waals surface area contributed by atoms with Gasteiger partial charge in [-0.15, -0.1) is 0 Å². The highest BCUT2D eigenvalue weighted by atomic mass is 16.7. The molecule has 0 radical (unpaired) electrons. The van der Waals surface area contributed by atoms with E-state index in [0.29, 0.717) is 12.3 Å². The van der Waals surface area contributed by atoms with Crippen molar-refractivity contribution in [3.63, 3.8) is 0 Å². The second-order valence-electron chi connectivity index (χ2n) is 9.36. The molecule has 0 aromatic heterocycles. The van der Waals surface area contributed by atoms with Crippen LogP contribution in [-0.2, 0) is 18.9 Å². The van der Waals surface area contributed by atoms with Gasteiger partial charge in [0.2, 0.25) is 0 Å². The summed E-state index contributed by atoms with van der Waals surface area (Å²) in [4.78, 5) is 0. The lowest BCUT2D eigenvalue weighted by Crippen LogP contribution is -2.67. The molecule has 11 heteroatoms. The van der Waals surface area contributed by atoms with Crippen LogP contribution in [0, 0.1) is 5.92 Å². The molecule has 0 aromatic rings. The van der Waals surface area contributed by atoms with Gasteiger partial charge < -0.3 is 56.8 Å². The maximum Gasteiger partial charge on any atom is 0.185 e. The first-order chi connectivity index (χ1) is 14.6. The molecule has 31 heavy (non-hydrogen) atoms. The Balaban J connectivity index is 1.67. The number of hydrogen-bond acceptors (Lipinski definition) is 11. The van der Waals surface area contributed by atoms with Gasteiger partial charge in [-0.1, -0.05) is 13.8 Å². The van der Waals surface area contributed by atoms with Crippen LogP contribution in [0.4, 0.5) is 0 Å². The molecule has 0 aromatic carbocycles. The van der Waals surface area contributed by atoms with Gasteiger partial charge in [-0.25, -0.2) is 0 Å². The van der Waals surface area contributed by atoms with E-state index in [1.54, 1.807) is 7.05 Å². The topological polar surface area (TPSA) is 188 Å². The number of aliphatic hydroxyl groups excluding tert-OH is 3. The Labute approximate surface area is 183 Å². The molecule has 0 amide bonds. The Kier molecular flexibility index (Phi) is 8.66. The zero-order valence-electron chi connectivity index (χ0n) is 18.5. The quantitative estimate of drug-likeness (QED) is 0.224. The van der Waals surface area contributed by atoms with Crippen molar-refractivity contribution < 1.29 is 34.3 Å². The van der Waals surface area contributed by atoms with Gasteiger partial charge in [0.1, 0.15) is 24.4 Å². The van der Waals surface area contributed by atoms with Crippen LogP contribution in [0.2, 0.25) is 0 Å². The molecule has 1 aliphatic carbocycles. The molecule has 0 bridgehead atoms. The van der Waals surface area contributed by atoms with Crippen molar-refractivity contribution in [3.8, 4) is 0 Å². The van der Waals surface area contributed by atoms with Gasteiger partial charge in [-0.05, 0) is 32.2 Å². The first kappa shape index (κ1) is 25.2.